The van der Waals surface area contributed by atoms with Crippen molar-refractivity contribution >= 4 is 45.7 Å². The molecule has 26 heavy (non-hydrogen) atoms. The van der Waals surface area contributed by atoms with E-state index in [1.807, 2.05) is 19.1 Å². The van der Waals surface area contributed by atoms with Crippen LogP contribution in [-0.4, -0.2) is 52.2 Å². The first-order chi connectivity index (χ1) is 11.9. The molecule has 0 radical (unpaired) electrons. The van der Waals surface area contributed by atoms with Crippen LogP contribution >= 0.6 is 24.0 Å². The van der Waals surface area contributed by atoms with Crippen molar-refractivity contribution < 1.29 is 13.2 Å². The number of sulfone groups is 1. The zero-order valence-electron chi connectivity index (χ0n) is 15.1. The summed E-state index contributed by atoms with van der Waals surface area (Å²) in [4.78, 5) is 16.3. The van der Waals surface area contributed by atoms with Gasteiger partial charge in [-0.1, -0.05) is 12.1 Å². The molecule has 0 aliphatic heterocycles. The molecular weight excluding hydrogens is 467 g/mol. The Kier molecular flexibility index (Phi) is 9.34. The molecule has 1 aliphatic carbocycles. The highest BCUT2D eigenvalue weighted by molar-refractivity contribution is 14.0. The van der Waals surface area contributed by atoms with E-state index in [0.717, 1.165) is 24.8 Å². The van der Waals surface area contributed by atoms with Gasteiger partial charge in [-0.3, -0.25) is 4.79 Å². The maximum atomic E-state index is 11.7. The maximum Gasteiger partial charge on any atom is 0.242 e. The van der Waals surface area contributed by atoms with E-state index >= 15 is 0 Å². The molecule has 9 heteroatoms. The Morgan fingerprint density at radius 3 is 2.38 bits per heavy atom. The van der Waals surface area contributed by atoms with Gasteiger partial charge >= 0.3 is 0 Å². The number of nitrogens with zero attached hydrogens (tertiary/aromatic N) is 1. The number of aliphatic imine (C=N–C) groups is 1. The van der Waals surface area contributed by atoms with E-state index in [4.69, 9.17) is 0 Å². The highest BCUT2D eigenvalue weighted by Gasteiger charge is 2.22. The standard InChI is InChI=1S/C17H26N4O3S.HI/c1-3-18-17(20-12-16(22)21-14-6-7-14)19-11-10-13-4-8-15(9-5-13)25(2,23)24;/h4-5,8-9,14H,3,6-7,10-12H2,1-2H3,(H,21,22)(H2,18,19,20);1H. The second-order valence-electron chi connectivity index (χ2n) is 6.13. The summed E-state index contributed by atoms with van der Waals surface area (Å²) in [6.45, 7) is 3.41. The van der Waals surface area contributed by atoms with E-state index in [0.29, 0.717) is 30.0 Å². The Morgan fingerprint density at radius 2 is 1.85 bits per heavy atom. The van der Waals surface area contributed by atoms with Gasteiger partial charge in [0.25, 0.3) is 0 Å². The van der Waals surface area contributed by atoms with Crippen molar-refractivity contribution in [3.05, 3.63) is 29.8 Å². The van der Waals surface area contributed by atoms with Crippen LogP contribution in [0.1, 0.15) is 25.3 Å². The van der Waals surface area contributed by atoms with E-state index in [1.54, 1.807) is 12.1 Å². The average Bonchev–Trinajstić information content (AvgIpc) is 3.36. The minimum absolute atomic E-state index is 0. The number of amides is 1. The van der Waals surface area contributed by atoms with Crippen LogP contribution in [0.25, 0.3) is 0 Å². The number of benzene rings is 1. The summed E-state index contributed by atoms with van der Waals surface area (Å²) < 4.78 is 22.9. The summed E-state index contributed by atoms with van der Waals surface area (Å²) in [5.74, 6) is 0.539. The number of hydrogen-bond donors (Lipinski definition) is 3. The lowest BCUT2D eigenvalue weighted by molar-refractivity contribution is -0.119. The van der Waals surface area contributed by atoms with Crippen LogP contribution in [0.15, 0.2) is 34.2 Å². The SMILES string of the molecule is CCNC(=NCC(=O)NC1CC1)NCCc1ccc(S(C)(=O)=O)cc1.I. The van der Waals surface area contributed by atoms with Crippen molar-refractivity contribution in [3.8, 4) is 0 Å². The molecule has 1 aliphatic rings. The molecule has 0 saturated heterocycles. The summed E-state index contributed by atoms with van der Waals surface area (Å²) in [5, 5.41) is 9.18. The highest BCUT2D eigenvalue weighted by atomic mass is 127. The fraction of sp³-hybridized carbons (Fsp3) is 0.529. The van der Waals surface area contributed by atoms with Gasteiger partial charge in [-0.25, -0.2) is 13.4 Å². The van der Waals surface area contributed by atoms with Crippen LogP contribution < -0.4 is 16.0 Å². The molecule has 0 atom stereocenters. The summed E-state index contributed by atoms with van der Waals surface area (Å²) in [7, 11) is -3.16. The molecule has 0 unspecified atom stereocenters. The van der Waals surface area contributed by atoms with Crippen LogP contribution in [0.3, 0.4) is 0 Å². The molecule has 146 valence electrons. The molecule has 0 heterocycles. The van der Waals surface area contributed by atoms with Gasteiger partial charge in [0.2, 0.25) is 5.91 Å². The van der Waals surface area contributed by atoms with E-state index in [-0.39, 0.29) is 36.4 Å². The molecule has 0 bridgehead atoms. The Bertz CT molecular complexity index is 716. The molecule has 1 aromatic rings. The van der Waals surface area contributed by atoms with Crippen LogP contribution in [0.5, 0.6) is 0 Å². The minimum atomic E-state index is -3.16. The first-order valence-electron chi connectivity index (χ1n) is 8.49. The number of guanidine groups is 1. The number of rotatable bonds is 8. The fourth-order valence-electron chi connectivity index (χ4n) is 2.22. The number of hydrogen-bond acceptors (Lipinski definition) is 4. The Hall–Kier alpha value is -1.36. The second kappa shape index (κ2) is 10.7. The average molecular weight is 494 g/mol. The van der Waals surface area contributed by atoms with Gasteiger partial charge in [0.1, 0.15) is 6.54 Å². The van der Waals surface area contributed by atoms with Gasteiger partial charge in [-0.2, -0.15) is 0 Å². The molecule has 0 spiro atoms. The molecule has 7 nitrogen and oxygen atoms in total. The minimum Gasteiger partial charge on any atom is -0.357 e. The largest absolute Gasteiger partial charge is 0.357 e. The zero-order chi connectivity index (χ0) is 18.3. The van der Waals surface area contributed by atoms with Gasteiger partial charge in [-0.05, 0) is 43.9 Å². The molecule has 2 rings (SSSR count). The third-order valence-electron chi connectivity index (χ3n) is 3.73. The number of halogens is 1. The molecule has 1 saturated carbocycles. The third kappa shape index (κ3) is 8.35. The van der Waals surface area contributed by atoms with Crippen LogP contribution in [-0.2, 0) is 21.1 Å². The van der Waals surface area contributed by atoms with Crippen LogP contribution in [0, 0.1) is 0 Å². The van der Waals surface area contributed by atoms with Crippen molar-refractivity contribution in [2.24, 2.45) is 4.99 Å². The molecule has 1 aromatic carbocycles. The van der Waals surface area contributed by atoms with Gasteiger partial charge < -0.3 is 16.0 Å². The van der Waals surface area contributed by atoms with Crippen molar-refractivity contribution in [2.75, 3.05) is 25.9 Å². The van der Waals surface area contributed by atoms with Gasteiger partial charge in [0.15, 0.2) is 15.8 Å². The summed E-state index contributed by atoms with van der Waals surface area (Å²) in [6.07, 6.45) is 4.04. The van der Waals surface area contributed by atoms with Crippen molar-refractivity contribution in [1.82, 2.24) is 16.0 Å². The quantitative estimate of drug-likeness (QED) is 0.286. The highest BCUT2D eigenvalue weighted by Crippen LogP contribution is 2.18. The van der Waals surface area contributed by atoms with E-state index in [9.17, 15) is 13.2 Å². The zero-order valence-corrected chi connectivity index (χ0v) is 18.3. The van der Waals surface area contributed by atoms with Crippen molar-refractivity contribution in [3.63, 3.8) is 0 Å². The Labute approximate surface area is 172 Å². The molecule has 1 amide bonds. The van der Waals surface area contributed by atoms with Gasteiger partial charge in [-0.15, -0.1) is 24.0 Å². The lowest BCUT2D eigenvalue weighted by Gasteiger charge is -2.11. The van der Waals surface area contributed by atoms with Crippen LogP contribution in [0.2, 0.25) is 0 Å². The van der Waals surface area contributed by atoms with Crippen molar-refractivity contribution in [2.45, 2.75) is 37.1 Å². The number of nitrogens with one attached hydrogen (secondary N) is 3. The molecular formula is C17H27IN4O3S. The van der Waals surface area contributed by atoms with E-state index in [1.165, 1.54) is 6.26 Å². The van der Waals surface area contributed by atoms with Gasteiger partial charge in [0.05, 0.1) is 4.90 Å². The summed E-state index contributed by atoms with van der Waals surface area (Å²) in [6, 6.07) is 7.20. The van der Waals surface area contributed by atoms with E-state index < -0.39 is 9.84 Å². The lowest BCUT2D eigenvalue weighted by Crippen LogP contribution is -2.39. The second-order valence-corrected chi connectivity index (χ2v) is 8.15. The predicted octanol–water partition coefficient (Wildman–Crippen LogP) is 1.08. The summed E-state index contributed by atoms with van der Waals surface area (Å²) >= 11 is 0. The predicted molar refractivity (Wildman–Crippen MR) is 114 cm³/mol. The lowest BCUT2D eigenvalue weighted by atomic mass is 10.1. The molecule has 0 aromatic heterocycles. The maximum absolute atomic E-state index is 11.7. The number of carbonyl (C=O) groups excluding carboxylic acids is 1. The Morgan fingerprint density at radius 1 is 1.19 bits per heavy atom. The fourth-order valence-corrected chi connectivity index (χ4v) is 2.85. The number of carbonyl (C=O) groups is 1. The third-order valence-corrected chi connectivity index (χ3v) is 4.85. The molecule has 1 fully saturated rings. The first-order valence-corrected chi connectivity index (χ1v) is 10.4. The first kappa shape index (κ1) is 22.7. The van der Waals surface area contributed by atoms with Crippen LogP contribution in [0.4, 0.5) is 0 Å². The summed E-state index contributed by atoms with van der Waals surface area (Å²) in [5.41, 5.74) is 1.03. The normalized spacial score (nSPS) is 14.3. The monoisotopic (exact) mass is 494 g/mol. The van der Waals surface area contributed by atoms with E-state index in [2.05, 4.69) is 20.9 Å². The van der Waals surface area contributed by atoms with Crippen molar-refractivity contribution in [1.29, 1.82) is 0 Å². The topological polar surface area (TPSA) is 99.7 Å². The Balaban J connectivity index is 0.00000338. The smallest absolute Gasteiger partial charge is 0.242 e. The molecule has 3 N–H and O–H groups in total. The van der Waals surface area contributed by atoms with Gasteiger partial charge in [0, 0.05) is 25.4 Å².